The van der Waals surface area contributed by atoms with Crippen molar-refractivity contribution in [2.45, 2.75) is 24.2 Å². The highest BCUT2D eigenvalue weighted by Crippen LogP contribution is 2.21. The molecule has 1 amide bonds. The number of sulfonamides is 1. The summed E-state index contributed by atoms with van der Waals surface area (Å²) in [6.45, 7) is 1.59. The number of furan rings is 1. The Kier molecular flexibility index (Phi) is 5.01. The molecule has 0 aliphatic carbocycles. The van der Waals surface area contributed by atoms with Crippen LogP contribution >= 0.6 is 0 Å². The van der Waals surface area contributed by atoms with E-state index in [-0.39, 0.29) is 10.8 Å². The predicted octanol–water partition coefficient (Wildman–Crippen LogP) is 2.04. The molecule has 7 heteroatoms. The first-order valence-electron chi connectivity index (χ1n) is 7.98. The van der Waals surface area contributed by atoms with E-state index >= 15 is 0 Å². The summed E-state index contributed by atoms with van der Waals surface area (Å²) in [7, 11) is -3.44. The molecular formula is C17H20N2O4S. The van der Waals surface area contributed by atoms with Gasteiger partial charge in [-0.1, -0.05) is 0 Å². The summed E-state index contributed by atoms with van der Waals surface area (Å²) in [6.07, 6.45) is 4.00. The molecule has 0 bridgehead atoms. The summed E-state index contributed by atoms with van der Waals surface area (Å²) >= 11 is 0. The SMILES string of the molecule is O=C(NCCc1ccco1)c1ccc(S(=O)(=O)N2CCCC2)cc1. The maximum absolute atomic E-state index is 12.4. The second kappa shape index (κ2) is 7.19. The van der Waals surface area contributed by atoms with Crippen molar-refractivity contribution in [1.29, 1.82) is 0 Å². The van der Waals surface area contributed by atoms with Gasteiger partial charge in [-0.05, 0) is 49.2 Å². The second-order valence-corrected chi connectivity index (χ2v) is 7.66. The molecule has 1 saturated heterocycles. The summed E-state index contributed by atoms with van der Waals surface area (Å²) in [5.41, 5.74) is 0.440. The lowest BCUT2D eigenvalue weighted by Gasteiger charge is -2.15. The molecule has 3 rings (SSSR count). The Morgan fingerprint density at radius 2 is 1.83 bits per heavy atom. The minimum Gasteiger partial charge on any atom is -0.469 e. The Labute approximate surface area is 141 Å². The molecule has 0 radical (unpaired) electrons. The second-order valence-electron chi connectivity index (χ2n) is 5.72. The normalized spacial score (nSPS) is 15.5. The highest BCUT2D eigenvalue weighted by molar-refractivity contribution is 7.89. The van der Waals surface area contributed by atoms with Gasteiger partial charge in [-0.3, -0.25) is 4.79 Å². The van der Waals surface area contributed by atoms with Crippen molar-refractivity contribution in [2.75, 3.05) is 19.6 Å². The van der Waals surface area contributed by atoms with Crippen LogP contribution in [0, 0.1) is 0 Å². The van der Waals surface area contributed by atoms with Crippen LogP contribution in [-0.2, 0) is 16.4 Å². The molecule has 0 unspecified atom stereocenters. The molecule has 1 aromatic heterocycles. The number of benzene rings is 1. The van der Waals surface area contributed by atoms with Crippen molar-refractivity contribution in [1.82, 2.24) is 9.62 Å². The smallest absolute Gasteiger partial charge is 0.251 e. The number of rotatable bonds is 6. The van der Waals surface area contributed by atoms with Crippen LogP contribution in [-0.4, -0.2) is 38.3 Å². The van der Waals surface area contributed by atoms with Gasteiger partial charge in [0.05, 0.1) is 11.2 Å². The van der Waals surface area contributed by atoms with Crippen molar-refractivity contribution in [3.05, 3.63) is 54.0 Å². The zero-order valence-electron chi connectivity index (χ0n) is 13.3. The topological polar surface area (TPSA) is 79.6 Å². The lowest BCUT2D eigenvalue weighted by atomic mass is 10.2. The van der Waals surface area contributed by atoms with Gasteiger partial charge in [0.25, 0.3) is 5.91 Å². The van der Waals surface area contributed by atoms with Gasteiger partial charge in [-0.25, -0.2) is 8.42 Å². The van der Waals surface area contributed by atoms with Crippen molar-refractivity contribution in [2.24, 2.45) is 0 Å². The monoisotopic (exact) mass is 348 g/mol. The molecule has 2 heterocycles. The fourth-order valence-corrected chi connectivity index (χ4v) is 4.23. The zero-order valence-corrected chi connectivity index (χ0v) is 14.1. The van der Waals surface area contributed by atoms with Gasteiger partial charge >= 0.3 is 0 Å². The molecule has 1 aliphatic rings. The van der Waals surface area contributed by atoms with Crippen LogP contribution in [0.5, 0.6) is 0 Å². The van der Waals surface area contributed by atoms with E-state index in [1.165, 1.54) is 16.4 Å². The Hall–Kier alpha value is -2.12. The Morgan fingerprint density at radius 1 is 1.12 bits per heavy atom. The van der Waals surface area contributed by atoms with Crippen molar-refractivity contribution < 1.29 is 17.6 Å². The van der Waals surface area contributed by atoms with Crippen molar-refractivity contribution in [3.8, 4) is 0 Å². The van der Waals surface area contributed by atoms with Crippen LogP contribution in [0.2, 0.25) is 0 Å². The van der Waals surface area contributed by atoms with E-state index in [0.717, 1.165) is 18.6 Å². The molecule has 1 aromatic carbocycles. The quantitative estimate of drug-likeness (QED) is 0.866. The summed E-state index contributed by atoms with van der Waals surface area (Å²) in [5.74, 6) is 0.578. The van der Waals surface area contributed by atoms with E-state index in [1.54, 1.807) is 24.5 Å². The lowest BCUT2D eigenvalue weighted by Crippen LogP contribution is -2.28. The predicted molar refractivity (Wildman–Crippen MR) is 89.2 cm³/mol. The number of hydrogen-bond donors (Lipinski definition) is 1. The van der Waals surface area contributed by atoms with Gasteiger partial charge in [0.2, 0.25) is 10.0 Å². The third kappa shape index (κ3) is 3.68. The summed E-state index contributed by atoms with van der Waals surface area (Å²) in [4.78, 5) is 12.3. The number of nitrogens with one attached hydrogen (secondary N) is 1. The number of nitrogens with zero attached hydrogens (tertiary/aromatic N) is 1. The molecule has 1 aliphatic heterocycles. The fourth-order valence-electron chi connectivity index (χ4n) is 2.71. The standard InChI is InChI=1S/C17H20N2O4S/c20-17(18-10-9-15-4-3-13-23-15)14-5-7-16(8-6-14)24(21,22)19-11-1-2-12-19/h3-8,13H,1-2,9-12H2,(H,18,20). The number of amides is 1. The van der Waals surface area contributed by atoms with E-state index in [4.69, 9.17) is 4.42 Å². The van der Waals surface area contributed by atoms with Gasteiger partial charge in [0.1, 0.15) is 5.76 Å². The average Bonchev–Trinajstić information content (AvgIpc) is 3.29. The molecule has 6 nitrogen and oxygen atoms in total. The van der Waals surface area contributed by atoms with Crippen LogP contribution in [0.25, 0.3) is 0 Å². The van der Waals surface area contributed by atoms with Crippen LogP contribution in [0.3, 0.4) is 0 Å². The zero-order chi connectivity index (χ0) is 17.0. The molecule has 0 saturated carbocycles. The largest absolute Gasteiger partial charge is 0.469 e. The minimum atomic E-state index is -3.44. The minimum absolute atomic E-state index is 0.230. The Balaban J connectivity index is 1.60. The number of carbonyl (C=O) groups excluding carboxylic acids is 1. The molecule has 0 spiro atoms. The Morgan fingerprint density at radius 3 is 2.46 bits per heavy atom. The van der Waals surface area contributed by atoms with Gasteiger partial charge < -0.3 is 9.73 Å². The van der Waals surface area contributed by atoms with Gasteiger partial charge in [0.15, 0.2) is 0 Å². The number of hydrogen-bond acceptors (Lipinski definition) is 4. The molecule has 24 heavy (non-hydrogen) atoms. The summed E-state index contributed by atoms with van der Waals surface area (Å²) in [6, 6.07) is 9.74. The Bertz CT molecular complexity index is 777. The maximum Gasteiger partial charge on any atom is 0.251 e. The van der Waals surface area contributed by atoms with Crippen LogP contribution in [0.15, 0.2) is 52.0 Å². The first-order chi connectivity index (χ1) is 11.6. The van der Waals surface area contributed by atoms with E-state index in [1.807, 2.05) is 6.07 Å². The molecule has 1 N–H and O–H groups in total. The van der Waals surface area contributed by atoms with Crippen LogP contribution < -0.4 is 5.32 Å². The highest BCUT2D eigenvalue weighted by atomic mass is 32.2. The van der Waals surface area contributed by atoms with E-state index < -0.39 is 10.0 Å². The molecule has 2 aromatic rings. The van der Waals surface area contributed by atoms with Gasteiger partial charge in [-0.15, -0.1) is 0 Å². The van der Waals surface area contributed by atoms with Gasteiger partial charge in [0, 0.05) is 31.6 Å². The van der Waals surface area contributed by atoms with Crippen molar-refractivity contribution >= 4 is 15.9 Å². The third-order valence-corrected chi connectivity index (χ3v) is 5.97. The van der Waals surface area contributed by atoms with E-state index in [9.17, 15) is 13.2 Å². The molecule has 1 fully saturated rings. The molecule has 0 atom stereocenters. The first-order valence-corrected chi connectivity index (χ1v) is 9.42. The fraction of sp³-hybridized carbons (Fsp3) is 0.353. The lowest BCUT2D eigenvalue weighted by molar-refractivity contribution is 0.0953. The average molecular weight is 348 g/mol. The maximum atomic E-state index is 12.4. The summed E-state index contributed by atoms with van der Waals surface area (Å²) in [5, 5.41) is 2.79. The van der Waals surface area contributed by atoms with Gasteiger partial charge in [-0.2, -0.15) is 4.31 Å². The van der Waals surface area contributed by atoms with E-state index in [0.29, 0.717) is 31.6 Å². The van der Waals surface area contributed by atoms with Crippen LogP contribution in [0.4, 0.5) is 0 Å². The molecular weight excluding hydrogens is 328 g/mol. The molecule has 128 valence electrons. The van der Waals surface area contributed by atoms with E-state index in [2.05, 4.69) is 5.32 Å². The number of carbonyl (C=O) groups is 1. The van der Waals surface area contributed by atoms with Crippen molar-refractivity contribution in [3.63, 3.8) is 0 Å². The first kappa shape index (κ1) is 16.7. The third-order valence-electron chi connectivity index (χ3n) is 4.06. The highest BCUT2D eigenvalue weighted by Gasteiger charge is 2.27. The summed E-state index contributed by atoms with van der Waals surface area (Å²) < 4.78 is 31.6. The van der Waals surface area contributed by atoms with Crippen LogP contribution in [0.1, 0.15) is 29.0 Å².